The smallest absolute Gasteiger partial charge is 0.236 e. The Morgan fingerprint density at radius 2 is 1.84 bits per heavy atom. The predicted molar refractivity (Wildman–Crippen MR) is 80.1 cm³/mol. The fraction of sp³-hybridized carbons (Fsp3) is 0.500. The van der Waals surface area contributed by atoms with Crippen LogP contribution >= 0.6 is 12.4 Å². The molecule has 1 aromatic rings. The number of halogens is 1. The Bertz CT molecular complexity index is 412. The highest BCUT2D eigenvalue weighted by Gasteiger charge is 2.10. The van der Waals surface area contributed by atoms with Gasteiger partial charge in [0.15, 0.2) is 0 Å². The zero-order valence-corrected chi connectivity index (χ0v) is 13.1. The van der Waals surface area contributed by atoms with E-state index in [0.29, 0.717) is 13.1 Å². The van der Waals surface area contributed by atoms with Crippen LogP contribution in [0.25, 0.3) is 0 Å². The van der Waals surface area contributed by atoms with E-state index in [2.05, 4.69) is 17.4 Å². The second-order valence-corrected chi connectivity index (χ2v) is 4.54. The molecule has 0 radical (unpaired) electrons. The van der Waals surface area contributed by atoms with E-state index in [9.17, 15) is 4.79 Å². The van der Waals surface area contributed by atoms with Crippen LogP contribution in [0.5, 0.6) is 5.75 Å². The topological polar surface area (TPSA) is 41.6 Å². The van der Waals surface area contributed by atoms with Crippen molar-refractivity contribution in [3.8, 4) is 5.75 Å². The second-order valence-electron chi connectivity index (χ2n) is 4.54. The maximum atomic E-state index is 11.7. The van der Waals surface area contributed by atoms with Crippen molar-refractivity contribution in [2.24, 2.45) is 0 Å². The number of carbonyl (C=O) groups is 1. The first-order chi connectivity index (χ1) is 8.49. The van der Waals surface area contributed by atoms with Crippen LogP contribution in [0.1, 0.15) is 16.7 Å². The molecule has 4 nitrogen and oxygen atoms in total. The van der Waals surface area contributed by atoms with Gasteiger partial charge < -0.3 is 15.0 Å². The summed E-state index contributed by atoms with van der Waals surface area (Å²) in [6, 6.07) is 4.13. The van der Waals surface area contributed by atoms with Gasteiger partial charge in [-0.3, -0.25) is 4.79 Å². The Morgan fingerprint density at radius 1 is 1.32 bits per heavy atom. The number of methoxy groups -OCH3 is 1. The number of rotatable bonds is 5. The fourth-order valence-corrected chi connectivity index (χ4v) is 2.10. The predicted octanol–water partition coefficient (Wildman–Crippen LogP) is 1.91. The summed E-state index contributed by atoms with van der Waals surface area (Å²) in [6.07, 6.45) is 0. The minimum atomic E-state index is 0. The maximum absolute atomic E-state index is 11.7. The van der Waals surface area contributed by atoms with Crippen LogP contribution in [0, 0.1) is 13.8 Å². The maximum Gasteiger partial charge on any atom is 0.236 e. The van der Waals surface area contributed by atoms with E-state index in [4.69, 9.17) is 4.74 Å². The monoisotopic (exact) mass is 286 g/mol. The van der Waals surface area contributed by atoms with E-state index in [1.165, 1.54) is 0 Å². The summed E-state index contributed by atoms with van der Waals surface area (Å²) in [7, 11) is 5.26. The van der Waals surface area contributed by atoms with Crippen molar-refractivity contribution in [1.29, 1.82) is 0 Å². The number of nitrogens with zero attached hydrogens (tertiary/aromatic N) is 1. The van der Waals surface area contributed by atoms with Gasteiger partial charge >= 0.3 is 0 Å². The lowest BCUT2D eigenvalue weighted by Crippen LogP contribution is -2.33. The van der Waals surface area contributed by atoms with E-state index < -0.39 is 0 Å². The van der Waals surface area contributed by atoms with Crippen LogP contribution in [0.15, 0.2) is 12.1 Å². The number of hydrogen-bond acceptors (Lipinski definition) is 3. The molecule has 0 fully saturated rings. The van der Waals surface area contributed by atoms with Gasteiger partial charge in [-0.15, -0.1) is 12.4 Å². The molecular formula is C14H23ClN2O2. The number of carbonyl (C=O) groups excluding carboxylic acids is 1. The van der Waals surface area contributed by atoms with Crippen LogP contribution in [-0.4, -0.2) is 38.6 Å². The number of amides is 1. The largest absolute Gasteiger partial charge is 0.496 e. The molecule has 108 valence electrons. The van der Waals surface area contributed by atoms with Gasteiger partial charge in [-0.1, -0.05) is 12.1 Å². The molecule has 0 spiro atoms. The van der Waals surface area contributed by atoms with Gasteiger partial charge in [-0.25, -0.2) is 0 Å². The van der Waals surface area contributed by atoms with E-state index in [-0.39, 0.29) is 18.3 Å². The van der Waals surface area contributed by atoms with Crippen LogP contribution < -0.4 is 10.1 Å². The Labute approximate surface area is 121 Å². The summed E-state index contributed by atoms with van der Waals surface area (Å²) >= 11 is 0. The molecule has 0 aliphatic rings. The Hall–Kier alpha value is -1.26. The van der Waals surface area contributed by atoms with E-state index in [1.807, 2.05) is 20.9 Å². The third-order valence-electron chi connectivity index (χ3n) is 2.90. The number of ether oxygens (including phenoxy) is 1. The fourth-order valence-electron chi connectivity index (χ4n) is 2.10. The molecule has 0 unspecified atom stereocenters. The van der Waals surface area contributed by atoms with Crippen molar-refractivity contribution in [1.82, 2.24) is 10.2 Å². The van der Waals surface area contributed by atoms with Gasteiger partial charge in [-0.2, -0.15) is 0 Å². The average Bonchev–Trinajstić information content (AvgIpc) is 2.28. The van der Waals surface area contributed by atoms with Crippen molar-refractivity contribution in [2.75, 3.05) is 27.7 Å². The molecule has 1 aromatic carbocycles. The lowest BCUT2D eigenvalue weighted by molar-refractivity contribution is -0.129. The molecule has 0 saturated heterocycles. The normalized spacial score (nSPS) is 9.74. The van der Waals surface area contributed by atoms with E-state index >= 15 is 0 Å². The highest BCUT2D eigenvalue weighted by atomic mass is 35.5. The quantitative estimate of drug-likeness (QED) is 0.899. The van der Waals surface area contributed by atoms with Crippen molar-refractivity contribution in [3.63, 3.8) is 0 Å². The van der Waals surface area contributed by atoms with Gasteiger partial charge in [0.25, 0.3) is 0 Å². The zero-order chi connectivity index (χ0) is 13.7. The molecule has 0 aromatic heterocycles. The Balaban J connectivity index is 0.00000324. The van der Waals surface area contributed by atoms with Crippen molar-refractivity contribution in [3.05, 3.63) is 28.8 Å². The molecule has 0 saturated carbocycles. The summed E-state index contributed by atoms with van der Waals surface area (Å²) in [5, 5.41) is 2.86. The van der Waals surface area contributed by atoms with Gasteiger partial charge in [-0.05, 0) is 37.6 Å². The molecular weight excluding hydrogens is 264 g/mol. The van der Waals surface area contributed by atoms with E-state index in [0.717, 1.165) is 22.4 Å². The molecule has 0 heterocycles. The highest BCUT2D eigenvalue weighted by Crippen LogP contribution is 2.24. The Kier molecular flexibility index (Phi) is 7.49. The van der Waals surface area contributed by atoms with Crippen molar-refractivity contribution in [2.45, 2.75) is 20.4 Å². The molecule has 1 N–H and O–H groups in total. The van der Waals surface area contributed by atoms with E-state index in [1.54, 1.807) is 19.1 Å². The van der Waals surface area contributed by atoms with Gasteiger partial charge in [0.1, 0.15) is 5.75 Å². The summed E-state index contributed by atoms with van der Waals surface area (Å²) < 4.78 is 5.33. The first-order valence-corrected chi connectivity index (χ1v) is 6.02. The van der Waals surface area contributed by atoms with Gasteiger partial charge in [0.2, 0.25) is 5.91 Å². The van der Waals surface area contributed by atoms with Crippen LogP contribution in [0.4, 0.5) is 0 Å². The summed E-state index contributed by atoms with van der Waals surface area (Å²) in [5.74, 6) is 1.01. The Morgan fingerprint density at radius 3 is 2.26 bits per heavy atom. The summed E-state index contributed by atoms with van der Waals surface area (Å²) in [4.78, 5) is 13.4. The molecule has 0 aliphatic heterocycles. The summed E-state index contributed by atoms with van der Waals surface area (Å²) in [6.45, 7) is 5.02. The van der Waals surface area contributed by atoms with Crippen molar-refractivity contribution < 1.29 is 9.53 Å². The second kappa shape index (κ2) is 8.02. The third kappa shape index (κ3) is 4.73. The first kappa shape index (κ1) is 17.7. The zero-order valence-electron chi connectivity index (χ0n) is 12.2. The number of aryl methyl sites for hydroxylation is 2. The van der Waals surface area contributed by atoms with Crippen molar-refractivity contribution >= 4 is 18.3 Å². The summed E-state index contributed by atoms with van der Waals surface area (Å²) in [5.41, 5.74) is 3.32. The molecule has 0 aliphatic carbocycles. The lowest BCUT2D eigenvalue weighted by Gasteiger charge is -2.18. The van der Waals surface area contributed by atoms with Crippen LogP contribution in [-0.2, 0) is 11.3 Å². The van der Waals surface area contributed by atoms with Crippen LogP contribution in [0.2, 0.25) is 0 Å². The minimum Gasteiger partial charge on any atom is -0.496 e. The van der Waals surface area contributed by atoms with Crippen LogP contribution in [0.3, 0.4) is 0 Å². The highest BCUT2D eigenvalue weighted by molar-refractivity contribution is 5.85. The lowest BCUT2D eigenvalue weighted by atomic mass is 10.1. The molecule has 1 rings (SSSR count). The third-order valence-corrected chi connectivity index (χ3v) is 2.90. The SMILES string of the molecule is CNCC(=O)N(C)Cc1cc(C)c(OC)c(C)c1.Cl. The number of likely N-dealkylation sites (N-methyl/N-ethyl adjacent to an activating group) is 2. The van der Waals surface area contributed by atoms with Gasteiger partial charge in [0, 0.05) is 13.6 Å². The number of hydrogen-bond donors (Lipinski definition) is 1. The van der Waals surface area contributed by atoms with Gasteiger partial charge in [0.05, 0.1) is 13.7 Å². The molecule has 0 bridgehead atoms. The molecule has 5 heteroatoms. The number of nitrogens with one attached hydrogen (secondary N) is 1. The number of benzene rings is 1. The average molecular weight is 287 g/mol. The molecule has 1 amide bonds. The first-order valence-electron chi connectivity index (χ1n) is 6.02. The molecule has 19 heavy (non-hydrogen) atoms. The standard InChI is InChI=1S/C14H22N2O2.ClH/c1-10-6-12(7-11(2)14(10)18-5)9-16(4)13(17)8-15-3;/h6-7,15H,8-9H2,1-5H3;1H. The molecule has 0 atom stereocenters. The minimum absolute atomic E-state index is 0.